The fourth-order valence-electron chi connectivity index (χ4n) is 1.76. The summed E-state index contributed by atoms with van der Waals surface area (Å²) in [5.74, 6) is -0.220. The molecule has 1 fully saturated rings. The van der Waals surface area contributed by atoms with Crippen molar-refractivity contribution in [3.8, 4) is 0 Å². The van der Waals surface area contributed by atoms with Gasteiger partial charge in [-0.1, -0.05) is 19.1 Å². The highest BCUT2D eigenvalue weighted by molar-refractivity contribution is 5.88. The van der Waals surface area contributed by atoms with E-state index in [9.17, 15) is 9.59 Å². The van der Waals surface area contributed by atoms with Crippen molar-refractivity contribution in [1.82, 2.24) is 20.3 Å². The standard InChI is InChI=1S/C12H18N4O4/c1-7(2)6-19-11(17)10-8(3)16(15-14-10)5-9-4-13-12(18)20-9/h7,9H,4-6H2,1-3H3,(H,13,18). The van der Waals surface area contributed by atoms with Gasteiger partial charge in [-0.25, -0.2) is 14.3 Å². The minimum Gasteiger partial charge on any atom is -0.461 e. The van der Waals surface area contributed by atoms with E-state index in [1.165, 1.54) is 4.68 Å². The first-order chi connectivity index (χ1) is 9.47. The Balaban J connectivity index is 1.99. The molecule has 0 aliphatic carbocycles. The highest BCUT2D eigenvalue weighted by Gasteiger charge is 2.25. The van der Waals surface area contributed by atoms with Crippen molar-refractivity contribution in [1.29, 1.82) is 0 Å². The second kappa shape index (κ2) is 5.89. The first kappa shape index (κ1) is 14.3. The van der Waals surface area contributed by atoms with E-state index in [2.05, 4.69) is 15.6 Å². The number of carbonyl (C=O) groups excluding carboxylic acids is 2. The Hall–Kier alpha value is -2.12. The molecule has 2 heterocycles. The minimum absolute atomic E-state index is 0.197. The van der Waals surface area contributed by atoms with Crippen molar-refractivity contribution in [3.63, 3.8) is 0 Å². The third-order valence-corrected chi connectivity index (χ3v) is 2.85. The van der Waals surface area contributed by atoms with E-state index in [-0.39, 0.29) is 17.7 Å². The van der Waals surface area contributed by atoms with Crippen LogP contribution in [0.25, 0.3) is 0 Å². The largest absolute Gasteiger partial charge is 0.461 e. The molecule has 1 saturated heterocycles. The first-order valence-electron chi connectivity index (χ1n) is 6.49. The van der Waals surface area contributed by atoms with Crippen LogP contribution >= 0.6 is 0 Å². The molecule has 1 N–H and O–H groups in total. The normalized spacial score (nSPS) is 18.0. The summed E-state index contributed by atoms with van der Waals surface area (Å²) in [5.41, 5.74) is 0.796. The van der Waals surface area contributed by atoms with Gasteiger partial charge >= 0.3 is 12.1 Å². The lowest BCUT2D eigenvalue weighted by Crippen LogP contribution is -2.22. The Morgan fingerprint density at radius 2 is 2.35 bits per heavy atom. The molecule has 110 valence electrons. The van der Waals surface area contributed by atoms with E-state index in [0.29, 0.717) is 25.4 Å². The van der Waals surface area contributed by atoms with Crippen molar-refractivity contribution in [2.45, 2.75) is 33.4 Å². The number of hydrogen-bond acceptors (Lipinski definition) is 6. The van der Waals surface area contributed by atoms with Gasteiger partial charge in [0.15, 0.2) is 5.69 Å². The Bertz CT molecular complexity index is 512. The predicted octanol–water partition coefficient (Wildman–Crippen LogP) is 0.508. The molecule has 1 atom stereocenters. The van der Waals surface area contributed by atoms with Gasteiger partial charge in [0, 0.05) is 0 Å². The van der Waals surface area contributed by atoms with E-state index >= 15 is 0 Å². The SMILES string of the molecule is Cc1c(C(=O)OCC(C)C)nnn1CC1CNC(=O)O1. The molecule has 1 unspecified atom stereocenters. The lowest BCUT2D eigenvalue weighted by molar-refractivity contribution is 0.0450. The number of alkyl carbamates (subject to hydrolysis) is 1. The fourth-order valence-corrected chi connectivity index (χ4v) is 1.76. The quantitative estimate of drug-likeness (QED) is 0.790. The summed E-state index contributed by atoms with van der Waals surface area (Å²) in [7, 11) is 0. The summed E-state index contributed by atoms with van der Waals surface area (Å²) in [6, 6.07) is 0. The third-order valence-electron chi connectivity index (χ3n) is 2.85. The van der Waals surface area contributed by atoms with Gasteiger partial charge in [0.1, 0.15) is 6.10 Å². The highest BCUT2D eigenvalue weighted by atomic mass is 16.6. The summed E-state index contributed by atoms with van der Waals surface area (Å²) in [4.78, 5) is 22.8. The van der Waals surface area contributed by atoms with Crippen LogP contribution in [0.15, 0.2) is 0 Å². The van der Waals surface area contributed by atoms with E-state index in [4.69, 9.17) is 9.47 Å². The monoisotopic (exact) mass is 282 g/mol. The lowest BCUT2D eigenvalue weighted by atomic mass is 10.2. The molecule has 1 amide bonds. The first-order valence-corrected chi connectivity index (χ1v) is 6.49. The molecule has 8 nitrogen and oxygen atoms in total. The number of nitrogens with one attached hydrogen (secondary N) is 1. The van der Waals surface area contributed by atoms with Crippen molar-refractivity contribution in [2.75, 3.05) is 13.2 Å². The van der Waals surface area contributed by atoms with Crippen LogP contribution in [0.2, 0.25) is 0 Å². The van der Waals surface area contributed by atoms with Crippen LogP contribution < -0.4 is 5.32 Å². The van der Waals surface area contributed by atoms with Gasteiger partial charge in [0.2, 0.25) is 0 Å². The van der Waals surface area contributed by atoms with Gasteiger partial charge in [0.05, 0.1) is 25.4 Å². The van der Waals surface area contributed by atoms with Crippen LogP contribution in [-0.2, 0) is 16.0 Å². The number of rotatable bonds is 5. The number of hydrogen-bond donors (Lipinski definition) is 1. The summed E-state index contributed by atoms with van der Waals surface area (Å²) < 4.78 is 11.7. The zero-order valence-electron chi connectivity index (χ0n) is 11.8. The molecule has 1 aromatic rings. The van der Waals surface area contributed by atoms with E-state index in [0.717, 1.165) is 0 Å². The van der Waals surface area contributed by atoms with E-state index in [1.807, 2.05) is 13.8 Å². The molecule has 20 heavy (non-hydrogen) atoms. The van der Waals surface area contributed by atoms with Gasteiger partial charge < -0.3 is 14.8 Å². The molecule has 0 saturated carbocycles. The van der Waals surface area contributed by atoms with Crippen LogP contribution in [0.1, 0.15) is 30.0 Å². The zero-order valence-corrected chi connectivity index (χ0v) is 11.8. The lowest BCUT2D eigenvalue weighted by Gasteiger charge is -2.09. The molecular formula is C12H18N4O4. The summed E-state index contributed by atoms with van der Waals surface area (Å²) in [5, 5.41) is 10.3. The zero-order chi connectivity index (χ0) is 14.7. The molecule has 1 aliphatic rings. The molecule has 1 aromatic heterocycles. The van der Waals surface area contributed by atoms with Crippen molar-refractivity contribution in [3.05, 3.63) is 11.4 Å². The number of cyclic esters (lactones) is 1. The number of esters is 1. The van der Waals surface area contributed by atoms with Crippen LogP contribution in [0.5, 0.6) is 0 Å². The minimum atomic E-state index is -0.482. The fraction of sp³-hybridized carbons (Fsp3) is 0.667. The highest BCUT2D eigenvalue weighted by Crippen LogP contribution is 2.10. The van der Waals surface area contributed by atoms with Crippen LogP contribution in [0, 0.1) is 12.8 Å². The Kier molecular flexibility index (Phi) is 4.21. The van der Waals surface area contributed by atoms with E-state index in [1.54, 1.807) is 6.92 Å². The van der Waals surface area contributed by atoms with Crippen LogP contribution in [0.3, 0.4) is 0 Å². The maximum Gasteiger partial charge on any atom is 0.407 e. The van der Waals surface area contributed by atoms with Crippen molar-refractivity contribution >= 4 is 12.1 Å². The van der Waals surface area contributed by atoms with Gasteiger partial charge in [-0.05, 0) is 12.8 Å². The van der Waals surface area contributed by atoms with Gasteiger partial charge in [-0.15, -0.1) is 5.10 Å². The second-order valence-electron chi connectivity index (χ2n) is 5.11. The third kappa shape index (κ3) is 3.25. The topological polar surface area (TPSA) is 95.3 Å². The van der Waals surface area contributed by atoms with Gasteiger partial charge in [0.25, 0.3) is 0 Å². The average Bonchev–Trinajstić information content (AvgIpc) is 2.95. The number of amides is 1. The Labute approximate surface area is 116 Å². The smallest absolute Gasteiger partial charge is 0.407 e. The Morgan fingerprint density at radius 1 is 1.60 bits per heavy atom. The van der Waals surface area contributed by atoms with E-state index < -0.39 is 12.1 Å². The molecule has 2 rings (SSSR count). The average molecular weight is 282 g/mol. The predicted molar refractivity (Wildman–Crippen MR) is 68.2 cm³/mol. The molecular weight excluding hydrogens is 264 g/mol. The summed E-state index contributed by atoms with van der Waals surface area (Å²) in [6.07, 6.45) is -0.744. The number of aromatic nitrogens is 3. The number of nitrogens with zero attached hydrogens (tertiary/aromatic N) is 3. The second-order valence-corrected chi connectivity index (χ2v) is 5.11. The van der Waals surface area contributed by atoms with Crippen molar-refractivity contribution in [2.24, 2.45) is 5.92 Å². The maximum absolute atomic E-state index is 11.8. The Morgan fingerprint density at radius 3 is 2.95 bits per heavy atom. The number of ether oxygens (including phenoxy) is 2. The summed E-state index contributed by atoms with van der Waals surface area (Å²) in [6.45, 7) is 6.77. The summed E-state index contributed by atoms with van der Waals surface area (Å²) >= 11 is 0. The van der Waals surface area contributed by atoms with Crippen LogP contribution in [-0.4, -0.2) is 46.3 Å². The molecule has 0 bridgehead atoms. The number of carbonyl (C=O) groups is 2. The maximum atomic E-state index is 11.8. The van der Waals surface area contributed by atoms with Gasteiger partial charge in [-0.2, -0.15) is 0 Å². The molecule has 8 heteroatoms. The van der Waals surface area contributed by atoms with Gasteiger partial charge in [-0.3, -0.25) is 0 Å². The molecule has 0 aromatic carbocycles. The van der Waals surface area contributed by atoms with Crippen LogP contribution in [0.4, 0.5) is 4.79 Å². The van der Waals surface area contributed by atoms with Crippen molar-refractivity contribution < 1.29 is 19.1 Å². The molecule has 1 aliphatic heterocycles. The molecule has 0 radical (unpaired) electrons. The molecule has 0 spiro atoms.